The number of rotatable bonds is 3. The van der Waals surface area contributed by atoms with E-state index in [1.165, 1.54) is 31.9 Å². The molecule has 4 heteroatoms. The molecule has 1 saturated heterocycles. The second kappa shape index (κ2) is 6.68. The highest BCUT2D eigenvalue weighted by atomic mass is 16.3. The normalized spacial score (nSPS) is 16.6. The van der Waals surface area contributed by atoms with E-state index in [9.17, 15) is 5.11 Å². The molecule has 3 heterocycles. The van der Waals surface area contributed by atoms with Crippen LogP contribution in [-0.4, -0.2) is 33.1 Å². The van der Waals surface area contributed by atoms with Gasteiger partial charge < -0.3 is 5.11 Å². The highest BCUT2D eigenvalue weighted by Gasteiger charge is 2.16. The lowest BCUT2D eigenvalue weighted by molar-refractivity contribution is 0.276. The quantitative estimate of drug-likeness (QED) is 0.939. The molecule has 1 aliphatic heterocycles. The molecule has 0 saturated carbocycles. The third kappa shape index (κ3) is 3.39. The number of hydrogen-bond donors (Lipinski definition) is 1. The Kier molecular flexibility index (Phi) is 4.46. The molecule has 1 N–H and O–H groups in total. The molecule has 2 aromatic heterocycles. The van der Waals surface area contributed by atoms with Gasteiger partial charge in [0.25, 0.3) is 0 Å². The monoisotopic (exact) mass is 283 g/mol. The molecular formula is C17H21N3O. The van der Waals surface area contributed by atoms with Gasteiger partial charge in [-0.3, -0.25) is 14.9 Å². The SMILES string of the molecule is Oc1cncc(CN2CCCCCC2)c1-c1ccccn1. The second-order valence-electron chi connectivity index (χ2n) is 5.60. The van der Waals surface area contributed by atoms with Crippen LogP contribution in [0.1, 0.15) is 31.2 Å². The predicted octanol–water partition coefficient (Wildman–Crippen LogP) is 3.23. The minimum Gasteiger partial charge on any atom is -0.506 e. The minimum absolute atomic E-state index is 0.209. The predicted molar refractivity (Wildman–Crippen MR) is 82.9 cm³/mol. The van der Waals surface area contributed by atoms with Gasteiger partial charge in [-0.25, -0.2) is 0 Å². The molecule has 0 bridgehead atoms. The average Bonchev–Trinajstić information content (AvgIpc) is 2.77. The van der Waals surface area contributed by atoms with Crippen LogP contribution >= 0.6 is 0 Å². The zero-order chi connectivity index (χ0) is 14.5. The van der Waals surface area contributed by atoms with Crippen molar-refractivity contribution in [3.05, 3.63) is 42.4 Å². The Bertz CT molecular complexity index is 578. The van der Waals surface area contributed by atoms with Crippen molar-refractivity contribution in [3.63, 3.8) is 0 Å². The van der Waals surface area contributed by atoms with E-state index in [1.54, 1.807) is 6.20 Å². The maximum absolute atomic E-state index is 10.2. The Labute approximate surface area is 125 Å². The van der Waals surface area contributed by atoms with Crippen LogP contribution in [0.15, 0.2) is 36.8 Å². The summed E-state index contributed by atoms with van der Waals surface area (Å²) in [5, 5.41) is 10.2. The third-order valence-electron chi connectivity index (χ3n) is 4.02. The molecule has 1 fully saturated rings. The van der Waals surface area contributed by atoms with Crippen LogP contribution in [-0.2, 0) is 6.54 Å². The molecule has 3 rings (SSSR count). The molecule has 2 aromatic rings. The van der Waals surface area contributed by atoms with E-state index in [0.717, 1.165) is 36.5 Å². The first kappa shape index (κ1) is 14.0. The van der Waals surface area contributed by atoms with E-state index in [-0.39, 0.29) is 5.75 Å². The van der Waals surface area contributed by atoms with Crippen molar-refractivity contribution >= 4 is 0 Å². The fourth-order valence-electron chi connectivity index (χ4n) is 2.95. The molecule has 21 heavy (non-hydrogen) atoms. The molecular weight excluding hydrogens is 262 g/mol. The number of nitrogens with zero attached hydrogens (tertiary/aromatic N) is 3. The van der Waals surface area contributed by atoms with Crippen LogP contribution in [0.3, 0.4) is 0 Å². The van der Waals surface area contributed by atoms with E-state index in [0.29, 0.717) is 0 Å². The molecule has 0 unspecified atom stereocenters. The molecule has 110 valence electrons. The van der Waals surface area contributed by atoms with Gasteiger partial charge in [0.15, 0.2) is 0 Å². The minimum atomic E-state index is 0.209. The lowest BCUT2D eigenvalue weighted by atomic mass is 10.0. The van der Waals surface area contributed by atoms with Gasteiger partial charge in [0.2, 0.25) is 0 Å². The molecule has 0 atom stereocenters. The zero-order valence-electron chi connectivity index (χ0n) is 12.2. The van der Waals surface area contributed by atoms with Gasteiger partial charge in [0, 0.05) is 24.5 Å². The highest BCUT2D eigenvalue weighted by molar-refractivity contribution is 5.69. The van der Waals surface area contributed by atoms with Gasteiger partial charge in [-0.15, -0.1) is 0 Å². The number of aromatic hydroxyl groups is 1. The fourth-order valence-corrected chi connectivity index (χ4v) is 2.95. The zero-order valence-corrected chi connectivity index (χ0v) is 12.2. The largest absolute Gasteiger partial charge is 0.506 e. The van der Waals surface area contributed by atoms with Crippen LogP contribution < -0.4 is 0 Å². The second-order valence-corrected chi connectivity index (χ2v) is 5.60. The third-order valence-corrected chi connectivity index (χ3v) is 4.02. The first-order valence-corrected chi connectivity index (χ1v) is 7.64. The summed E-state index contributed by atoms with van der Waals surface area (Å²) in [6, 6.07) is 5.76. The van der Waals surface area contributed by atoms with E-state index in [2.05, 4.69) is 14.9 Å². The summed E-state index contributed by atoms with van der Waals surface area (Å²) in [7, 11) is 0. The van der Waals surface area contributed by atoms with Gasteiger partial charge in [-0.1, -0.05) is 18.9 Å². The Balaban J connectivity index is 1.89. The Morgan fingerprint density at radius 1 is 1.05 bits per heavy atom. The van der Waals surface area contributed by atoms with Crippen LogP contribution in [0.25, 0.3) is 11.3 Å². The lowest BCUT2D eigenvalue weighted by Gasteiger charge is -2.21. The molecule has 0 aromatic carbocycles. The van der Waals surface area contributed by atoms with Gasteiger partial charge in [0.1, 0.15) is 5.75 Å². The first-order chi connectivity index (χ1) is 10.3. The van der Waals surface area contributed by atoms with E-state index in [1.807, 2.05) is 24.4 Å². The van der Waals surface area contributed by atoms with Gasteiger partial charge in [0.05, 0.1) is 11.9 Å². The van der Waals surface area contributed by atoms with Crippen LogP contribution in [0.5, 0.6) is 5.75 Å². The van der Waals surface area contributed by atoms with E-state index >= 15 is 0 Å². The molecule has 0 amide bonds. The highest BCUT2D eigenvalue weighted by Crippen LogP contribution is 2.31. The first-order valence-electron chi connectivity index (χ1n) is 7.64. The van der Waals surface area contributed by atoms with Crippen LogP contribution in [0, 0.1) is 0 Å². The van der Waals surface area contributed by atoms with Crippen LogP contribution in [0.4, 0.5) is 0 Å². The lowest BCUT2D eigenvalue weighted by Crippen LogP contribution is -2.24. The van der Waals surface area contributed by atoms with Crippen molar-refractivity contribution in [2.75, 3.05) is 13.1 Å². The molecule has 1 aliphatic rings. The molecule has 0 spiro atoms. The fraction of sp³-hybridized carbons (Fsp3) is 0.412. The molecule has 0 aliphatic carbocycles. The Morgan fingerprint density at radius 3 is 2.57 bits per heavy atom. The average molecular weight is 283 g/mol. The molecule has 4 nitrogen and oxygen atoms in total. The van der Waals surface area contributed by atoms with E-state index < -0.39 is 0 Å². The van der Waals surface area contributed by atoms with Gasteiger partial charge in [-0.2, -0.15) is 0 Å². The number of aromatic nitrogens is 2. The Morgan fingerprint density at radius 2 is 1.86 bits per heavy atom. The van der Waals surface area contributed by atoms with Crippen molar-refractivity contribution in [2.45, 2.75) is 32.2 Å². The maximum atomic E-state index is 10.2. The number of pyridine rings is 2. The van der Waals surface area contributed by atoms with Gasteiger partial charge >= 0.3 is 0 Å². The van der Waals surface area contributed by atoms with Crippen LogP contribution in [0.2, 0.25) is 0 Å². The van der Waals surface area contributed by atoms with Crippen molar-refractivity contribution in [1.29, 1.82) is 0 Å². The summed E-state index contributed by atoms with van der Waals surface area (Å²) < 4.78 is 0. The van der Waals surface area contributed by atoms with Crippen molar-refractivity contribution in [3.8, 4) is 17.0 Å². The standard InChI is InChI=1S/C17H21N3O/c21-16-12-18-11-14(13-20-9-5-1-2-6-10-20)17(16)15-7-3-4-8-19-15/h3-4,7-8,11-12,21H,1-2,5-6,9-10,13H2. The summed E-state index contributed by atoms with van der Waals surface area (Å²) in [5.74, 6) is 0.209. The topological polar surface area (TPSA) is 49.3 Å². The number of hydrogen-bond acceptors (Lipinski definition) is 4. The van der Waals surface area contributed by atoms with Crippen molar-refractivity contribution in [1.82, 2.24) is 14.9 Å². The summed E-state index contributed by atoms with van der Waals surface area (Å²) in [5.41, 5.74) is 2.67. The van der Waals surface area contributed by atoms with Gasteiger partial charge in [-0.05, 0) is 43.6 Å². The summed E-state index contributed by atoms with van der Waals surface area (Å²) in [4.78, 5) is 11.0. The van der Waals surface area contributed by atoms with Crippen molar-refractivity contribution in [2.24, 2.45) is 0 Å². The molecule has 0 radical (unpaired) electrons. The summed E-state index contributed by atoms with van der Waals surface area (Å²) in [6.07, 6.45) is 10.3. The van der Waals surface area contributed by atoms with Crippen molar-refractivity contribution < 1.29 is 5.11 Å². The summed E-state index contributed by atoms with van der Waals surface area (Å²) in [6.45, 7) is 3.07. The summed E-state index contributed by atoms with van der Waals surface area (Å²) >= 11 is 0. The smallest absolute Gasteiger partial charge is 0.143 e. The van der Waals surface area contributed by atoms with E-state index in [4.69, 9.17) is 0 Å². The Hall–Kier alpha value is -1.94. The maximum Gasteiger partial charge on any atom is 0.143 e. The number of likely N-dealkylation sites (tertiary alicyclic amines) is 1.